The maximum Gasteiger partial charge on any atom is 0.270 e. The minimum Gasteiger partial charge on any atom is -0.476 e. The van der Waals surface area contributed by atoms with Crippen molar-refractivity contribution >= 4 is 29.1 Å². The molecule has 0 bridgehead atoms. The second-order valence-electron chi connectivity index (χ2n) is 12.2. The summed E-state index contributed by atoms with van der Waals surface area (Å²) in [5, 5.41) is 16.3. The van der Waals surface area contributed by atoms with E-state index in [4.69, 9.17) is 9.47 Å². The number of ether oxygens (including phenoxy) is 2. The second-order valence-corrected chi connectivity index (χ2v) is 12.2. The van der Waals surface area contributed by atoms with Crippen molar-refractivity contribution in [3.8, 4) is 5.75 Å². The van der Waals surface area contributed by atoms with Gasteiger partial charge in [-0.15, -0.1) is 0 Å². The molecular formula is C29H44N4O6. The van der Waals surface area contributed by atoms with Crippen molar-refractivity contribution in [3.63, 3.8) is 0 Å². The van der Waals surface area contributed by atoms with Gasteiger partial charge in [0.05, 0.1) is 17.2 Å². The van der Waals surface area contributed by atoms with Crippen LogP contribution in [0.5, 0.6) is 5.75 Å². The summed E-state index contributed by atoms with van der Waals surface area (Å²) in [5.74, 6) is 0.121. The number of nitrogens with one attached hydrogen (secondary N) is 2. The zero-order chi connectivity index (χ0) is 28.4. The molecule has 0 spiro atoms. The molecule has 1 saturated carbocycles. The highest BCUT2D eigenvalue weighted by Crippen LogP contribution is 2.42. The average molecular weight is 545 g/mol. The van der Waals surface area contributed by atoms with E-state index in [1.807, 2.05) is 23.1 Å². The maximum atomic E-state index is 13.9. The van der Waals surface area contributed by atoms with Crippen LogP contribution in [0.3, 0.4) is 0 Å². The number of benzene rings is 1. The number of hydrogen-bond donors (Lipinski definition) is 3. The molecule has 2 atom stereocenters. The number of rotatable bonds is 11. The Morgan fingerprint density at radius 2 is 2.03 bits per heavy atom. The van der Waals surface area contributed by atoms with Crippen molar-refractivity contribution < 1.29 is 29.0 Å². The molecule has 3 aliphatic rings. The minimum atomic E-state index is -0.978. The number of piperidine rings is 1. The Kier molecular flexibility index (Phi) is 8.88. The van der Waals surface area contributed by atoms with Gasteiger partial charge in [-0.2, -0.15) is 0 Å². The molecule has 3 amide bonds. The molecular weight excluding hydrogens is 500 g/mol. The fourth-order valence-electron chi connectivity index (χ4n) is 5.30. The van der Waals surface area contributed by atoms with E-state index in [0.29, 0.717) is 56.9 Å². The molecule has 39 heavy (non-hydrogen) atoms. The Morgan fingerprint density at radius 1 is 1.28 bits per heavy atom. The number of carbonyl (C=O) groups is 3. The third kappa shape index (κ3) is 7.29. The molecule has 0 radical (unpaired) electrons. The molecule has 1 aliphatic carbocycles. The predicted molar refractivity (Wildman–Crippen MR) is 149 cm³/mol. The van der Waals surface area contributed by atoms with Gasteiger partial charge < -0.3 is 35.0 Å². The lowest BCUT2D eigenvalue weighted by atomic mass is 9.93. The zero-order valence-electron chi connectivity index (χ0n) is 23.9. The molecule has 10 nitrogen and oxygen atoms in total. The van der Waals surface area contributed by atoms with Gasteiger partial charge in [-0.25, -0.2) is 0 Å². The minimum absolute atomic E-state index is 0.0229. The van der Waals surface area contributed by atoms with E-state index in [1.54, 1.807) is 39.7 Å². The first-order chi connectivity index (χ1) is 18.4. The molecule has 4 rings (SSSR count). The zero-order valence-corrected chi connectivity index (χ0v) is 23.9. The quantitative estimate of drug-likeness (QED) is 0.366. The summed E-state index contributed by atoms with van der Waals surface area (Å²) in [7, 11) is 1.64. The molecule has 1 saturated heterocycles. The lowest BCUT2D eigenvalue weighted by Crippen LogP contribution is -2.53. The molecule has 216 valence electrons. The molecule has 2 fully saturated rings. The molecule has 1 aromatic carbocycles. The summed E-state index contributed by atoms with van der Waals surface area (Å²) >= 11 is 0. The Morgan fingerprint density at radius 3 is 2.69 bits per heavy atom. The van der Waals surface area contributed by atoms with Crippen LogP contribution in [0.2, 0.25) is 0 Å². The number of methoxy groups -OCH3 is 1. The van der Waals surface area contributed by atoms with Crippen LogP contribution in [0.1, 0.15) is 66.2 Å². The van der Waals surface area contributed by atoms with Gasteiger partial charge >= 0.3 is 0 Å². The summed E-state index contributed by atoms with van der Waals surface area (Å²) in [4.78, 5) is 43.2. The Hall–Kier alpha value is -2.69. The van der Waals surface area contributed by atoms with Gasteiger partial charge in [0, 0.05) is 57.5 Å². The normalized spacial score (nSPS) is 22.6. The van der Waals surface area contributed by atoms with E-state index in [0.717, 1.165) is 18.5 Å². The van der Waals surface area contributed by atoms with Gasteiger partial charge in [0.1, 0.15) is 5.75 Å². The summed E-state index contributed by atoms with van der Waals surface area (Å²) in [6.45, 7) is 9.09. The number of carbonyl (C=O) groups excluding carboxylic acids is 3. The molecule has 1 unspecified atom stereocenters. The smallest absolute Gasteiger partial charge is 0.270 e. The Balaban J connectivity index is 1.50. The van der Waals surface area contributed by atoms with Crippen molar-refractivity contribution in [2.45, 2.75) is 89.5 Å². The van der Waals surface area contributed by atoms with Gasteiger partial charge in [-0.05, 0) is 78.0 Å². The van der Waals surface area contributed by atoms with Crippen LogP contribution < -0.4 is 25.2 Å². The third-order valence-corrected chi connectivity index (χ3v) is 7.55. The van der Waals surface area contributed by atoms with Crippen molar-refractivity contribution in [3.05, 3.63) is 18.2 Å². The van der Waals surface area contributed by atoms with E-state index < -0.39 is 11.2 Å². The van der Waals surface area contributed by atoms with E-state index in [1.165, 1.54) is 0 Å². The monoisotopic (exact) mass is 544 g/mol. The average Bonchev–Trinajstić information content (AvgIpc) is 3.70. The van der Waals surface area contributed by atoms with Crippen LogP contribution in [0, 0.1) is 5.92 Å². The molecule has 2 aliphatic heterocycles. The highest BCUT2D eigenvalue weighted by atomic mass is 16.5. The maximum absolute atomic E-state index is 13.9. The van der Waals surface area contributed by atoms with Crippen LogP contribution in [0.15, 0.2) is 18.2 Å². The molecule has 10 heteroatoms. The van der Waals surface area contributed by atoms with Crippen LogP contribution in [-0.2, 0) is 19.1 Å². The number of amides is 3. The first-order valence-electron chi connectivity index (χ1n) is 14.1. The number of nitrogens with zero attached hydrogens (tertiary/aromatic N) is 2. The Labute approximate surface area is 231 Å². The number of fused-ring (bicyclic) bond motifs is 1. The van der Waals surface area contributed by atoms with E-state index in [9.17, 15) is 19.5 Å². The number of hydrogen-bond acceptors (Lipinski definition) is 7. The first-order valence-corrected chi connectivity index (χ1v) is 14.1. The standard InChI is InChI=1S/C29H44N4O6/c1-28(2,37)12-11-25(34)31-20-15-19(17-30-18-20)26(35)33(21-7-8-21)22-9-10-24-23(16-22)32(13-6-14-38-5)27(36)29(3,4)39-24/h9-10,16,19-21,30,37H,6-8,11-15,17-18H2,1-5H3,(H,31,34)/t19?,20-/m0/s1. The predicted octanol–water partition coefficient (Wildman–Crippen LogP) is 2.37. The van der Waals surface area contributed by atoms with Gasteiger partial charge in [0.2, 0.25) is 11.8 Å². The molecule has 3 N–H and O–H groups in total. The van der Waals surface area contributed by atoms with Crippen molar-refractivity contribution in [1.29, 1.82) is 0 Å². The van der Waals surface area contributed by atoms with Crippen LogP contribution in [0.4, 0.5) is 11.4 Å². The van der Waals surface area contributed by atoms with Crippen LogP contribution in [-0.4, -0.2) is 79.5 Å². The fraction of sp³-hybridized carbons (Fsp3) is 0.690. The molecule has 1 aromatic rings. The van der Waals surface area contributed by atoms with E-state index in [-0.39, 0.29) is 42.1 Å². The van der Waals surface area contributed by atoms with Gasteiger partial charge in [-0.1, -0.05) is 0 Å². The topological polar surface area (TPSA) is 120 Å². The highest BCUT2D eigenvalue weighted by molar-refractivity contribution is 6.04. The summed E-state index contributed by atoms with van der Waals surface area (Å²) in [5.41, 5.74) is -0.450. The highest BCUT2D eigenvalue weighted by Gasteiger charge is 2.43. The molecule has 0 aromatic heterocycles. The summed E-state index contributed by atoms with van der Waals surface area (Å²) < 4.78 is 11.3. The SMILES string of the molecule is COCCCN1C(=O)C(C)(C)Oc2ccc(N(C(=O)C3CNC[C@@H](NC(=O)CCC(C)(C)O)C3)C3CC3)cc21. The van der Waals surface area contributed by atoms with Gasteiger partial charge in [0.15, 0.2) is 5.60 Å². The van der Waals surface area contributed by atoms with E-state index in [2.05, 4.69) is 10.6 Å². The number of anilines is 2. The van der Waals surface area contributed by atoms with Crippen molar-refractivity contribution in [1.82, 2.24) is 10.6 Å². The number of aliphatic hydroxyl groups is 1. The van der Waals surface area contributed by atoms with Crippen LogP contribution in [0.25, 0.3) is 0 Å². The fourth-order valence-corrected chi connectivity index (χ4v) is 5.30. The molecule has 2 heterocycles. The summed E-state index contributed by atoms with van der Waals surface area (Å²) in [6, 6.07) is 5.63. The van der Waals surface area contributed by atoms with Gasteiger partial charge in [0.25, 0.3) is 5.91 Å². The Bertz CT molecular complexity index is 1060. The van der Waals surface area contributed by atoms with Crippen molar-refractivity contribution in [2.75, 3.05) is 43.2 Å². The van der Waals surface area contributed by atoms with Crippen LogP contribution >= 0.6 is 0 Å². The summed E-state index contributed by atoms with van der Waals surface area (Å²) in [6.07, 6.45) is 3.71. The largest absolute Gasteiger partial charge is 0.476 e. The lowest BCUT2D eigenvalue weighted by Gasteiger charge is -2.40. The second kappa shape index (κ2) is 11.8. The third-order valence-electron chi connectivity index (χ3n) is 7.55. The van der Waals surface area contributed by atoms with E-state index >= 15 is 0 Å². The lowest BCUT2D eigenvalue weighted by molar-refractivity contribution is -0.132. The first kappa shape index (κ1) is 29.3. The van der Waals surface area contributed by atoms with Gasteiger partial charge in [-0.3, -0.25) is 14.4 Å². The van der Waals surface area contributed by atoms with Crippen molar-refractivity contribution in [2.24, 2.45) is 5.92 Å².